The Labute approximate surface area is 670 Å². The number of nitrogens with zero attached hydrogens (tertiary/aromatic N) is 6. The Morgan fingerprint density at radius 2 is 0.832 bits per heavy atom. The number of nitrogens with one attached hydrogen (secondary N) is 6. The minimum Gasteiger partial charge on any atom is -0.508 e. The summed E-state index contributed by atoms with van der Waals surface area (Å²) in [5.41, 5.74) is 24.6. The zero-order valence-electron chi connectivity index (χ0n) is 68.3. The summed E-state index contributed by atoms with van der Waals surface area (Å²) in [4.78, 5) is 153. The molecule has 0 spiro atoms. The van der Waals surface area contributed by atoms with Crippen molar-refractivity contribution < 1.29 is 57.8 Å². The number of phenolic OH excluding ortho intramolecular Hbond substituents is 1. The van der Waals surface area contributed by atoms with Crippen molar-refractivity contribution in [1.29, 1.82) is 0 Å². The van der Waals surface area contributed by atoms with Gasteiger partial charge in [-0.2, -0.15) is 0 Å². The van der Waals surface area contributed by atoms with Crippen LogP contribution in [0.5, 0.6) is 11.5 Å². The average molecular weight is 1570 g/mol. The fraction of sp³-hybridized carbons (Fsp3) is 0.647. The molecule has 4 fully saturated rings. The largest absolute Gasteiger partial charge is 0.508 e. The van der Waals surface area contributed by atoms with Gasteiger partial charge in [-0.05, 0) is 168 Å². The molecule has 10 amide bonds. The predicted octanol–water partition coefficient (Wildman–Crippen LogP) is 7.58. The highest BCUT2D eigenvalue weighted by molar-refractivity contribution is 5.98. The number of hydrogen-bond donors (Lipinski definition) is 11. The van der Waals surface area contributed by atoms with Crippen LogP contribution in [-0.4, -0.2) is 196 Å². The number of carbonyl (C=O) groups is 10. The van der Waals surface area contributed by atoms with Crippen molar-refractivity contribution in [1.82, 2.24) is 51.5 Å². The standard InChI is InChI=1S/C46H70N8O6.C39H64N8O6/c1-4-5-6-7-12-21-41(55)50-38(31-34-22-24-36(25-23-34)60-32-35-17-10-8-11-18-35)42(56)52-39(30-33(2)3)45(59)54-29-16-20-40(54)43(57)51-37(19-15-26-49-46(47)48)44(58)53-27-13-9-14-28-53;1-4-5-6-7-9-16-34(49)43-31(26-28-17-19-29(48)20-18-28)35(50)45-32(25-27(2)3)38(53)47-24-13-15-33(47)36(51)44-30(14-12-21-42-39(40)41)37(52)46-22-10-8-11-23-46/h8,10-11,17-18,22-25,33,37-40H,4-7,9,12-16,19-21,26-32H2,1-3H3,(H,50,55)(H,51,57)(H,52,56)(H4,47,48,49);17-20,27,30-33,48H,4-16,21-26H2,1-3H3,(H,43,49)(H,44,51)(H,45,50)(H4,40,41,42)/t37-,38+,39+,40+;30-,31+,32+,33+/m11/s1. The number of hydrogen-bond acceptors (Lipinski definition) is 14. The lowest BCUT2D eigenvalue weighted by molar-refractivity contribution is -0.143. The first-order chi connectivity index (χ1) is 54.3. The third kappa shape index (κ3) is 33.6. The molecule has 0 bridgehead atoms. The maximum atomic E-state index is 14.4. The number of aliphatic imine (C=N–C) groups is 2. The molecule has 3 aromatic rings. The van der Waals surface area contributed by atoms with Crippen LogP contribution in [0.15, 0.2) is 88.8 Å². The van der Waals surface area contributed by atoms with Crippen molar-refractivity contribution in [2.75, 3.05) is 52.4 Å². The van der Waals surface area contributed by atoms with E-state index in [0.717, 1.165) is 113 Å². The number of carbonyl (C=O) groups excluding carboxylic acids is 10. The molecule has 0 saturated carbocycles. The minimum atomic E-state index is -0.955. The van der Waals surface area contributed by atoms with E-state index in [0.29, 0.717) is 142 Å². The molecule has 8 atom stereocenters. The number of aromatic hydroxyl groups is 1. The maximum absolute atomic E-state index is 14.4. The molecular weight excluding hydrogens is 1440 g/mol. The average Bonchev–Trinajstić information content (AvgIpc) is 1.74. The van der Waals surface area contributed by atoms with Crippen molar-refractivity contribution in [3.8, 4) is 11.5 Å². The Hall–Kier alpha value is -9.50. The number of nitrogens with two attached hydrogens (primary N) is 4. The van der Waals surface area contributed by atoms with Gasteiger partial charge in [0.05, 0.1) is 0 Å². The number of amides is 10. The fourth-order valence-electron chi connectivity index (χ4n) is 15.0. The summed E-state index contributed by atoms with van der Waals surface area (Å²) in [5.74, 6) is -2.48. The molecule has 4 aliphatic rings. The van der Waals surface area contributed by atoms with Crippen molar-refractivity contribution >= 4 is 71.0 Å². The van der Waals surface area contributed by atoms with Gasteiger partial charge >= 0.3 is 0 Å². The van der Waals surface area contributed by atoms with Crippen LogP contribution in [0.4, 0.5) is 0 Å². The molecular formula is C85H134N16O12. The number of guanidine groups is 2. The molecule has 0 radical (unpaired) electrons. The number of benzene rings is 3. The van der Waals surface area contributed by atoms with Crippen molar-refractivity contribution in [3.05, 3.63) is 95.6 Å². The molecule has 113 heavy (non-hydrogen) atoms. The van der Waals surface area contributed by atoms with Gasteiger partial charge in [0.2, 0.25) is 59.1 Å². The Kier molecular flexibility index (Phi) is 41.3. The van der Waals surface area contributed by atoms with E-state index >= 15 is 0 Å². The second-order valence-corrected chi connectivity index (χ2v) is 31.6. The van der Waals surface area contributed by atoms with E-state index in [1.54, 1.807) is 26.8 Å². The Morgan fingerprint density at radius 1 is 0.434 bits per heavy atom. The first kappa shape index (κ1) is 92.4. The summed E-state index contributed by atoms with van der Waals surface area (Å²) < 4.78 is 5.97. The van der Waals surface area contributed by atoms with Gasteiger partial charge in [-0.15, -0.1) is 0 Å². The highest BCUT2D eigenvalue weighted by Gasteiger charge is 2.43. The van der Waals surface area contributed by atoms with E-state index in [1.807, 2.05) is 82.3 Å². The lowest BCUT2D eigenvalue weighted by Gasteiger charge is -2.33. The van der Waals surface area contributed by atoms with Crippen molar-refractivity contribution in [2.24, 2.45) is 44.8 Å². The summed E-state index contributed by atoms with van der Waals surface area (Å²) in [6.07, 6.45) is 20.9. The first-order valence-corrected chi connectivity index (χ1v) is 42.0. The van der Waals surface area contributed by atoms with E-state index < -0.39 is 72.0 Å². The SMILES string of the molecule is CCCCCCCC(=O)N[C@@H](Cc1ccc(O)cc1)C(=O)N[C@@H](CC(C)C)C(=O)N1CCC[C@H]1C(=O)N[C@H](CCCN=C(N)N)C(=O)N1CCCCC1.CCCCCCCC(=O)N[C@@H](Cc1ccc(OCc2ccccc2)cc1)C(=O)N[C@@H](CC(C)C)C(=O)N1CCC[C@H]1C(=O)N[C@H](CCCN=C(N)N)C(=O)N1CCCCC1. The number of unbranched alkanes of at least 4 members (excludes halogenated alkanes) is 8. The first-order valence-electron chi connectivity index (χ1n) is 42.0. The highest BCUT2D eigenvalue weighted by Crippen LogP contribution is 2.26. The molecule has 0 aromatic heterocycles. The minimum absolute atomic E-state index is 0.0316. The van der Waals surface area contributed by atoms with E-state index in [2.05, 4.69) is 55.7 Å². The van der Waals surface area contributed by atoms with Crippen LogP contribution in [0, 0.1) is 11.8 Å². The Bertz CT molecular complexity index is 3490. The number of phenols is 1. The molecule has 28 heteroatoms. The monoisotopic (exact) mass is 1570 g/mol. The third-order valence-electron chi connectivity index (χ3n) is 21.1. The third-order valence-corrected chi connectivity index (χ3v) is 21.1. The fourth-order valence-corrected chi connectivity index (χ4v) is 15.0. The molecule has 0 unspecified atom stereocenters. The second kappa shape index (κ2) is 50.6. The van der Waals surface area contributed by atoms with Crippen LogP contribution in [0.1, 0.15) is 238 Å². The number of piperidine rings is 2. The van der Waals surface area contributed by atoms with E-state index in [4.69, 9.17) is 27.7 Å². The topological polar surface area (TPSA) is 414 Å². The van der Waals surface area contributed by atoms with Crippen LogP contribution in [0.3, 0.4) is 0 Å². The summed E-state index contributed by atoms with van der Waals surface area (Å²) in [6.45, 7) is 16.4. The van der Waals surface area contributed by atoms with Crippen LogP contribution in [0.25, 0.3) is 0 Å². The van der Waals surface area contributed by atoms with Crippen molar-refractivity contribution in [3.63, 3.8) is 0 Å². The van der Waals surface area contributed by atoms with Crippen molar-refractivity contribution in [2.45, 2.75) is 289 Å². The summed E-state index contributed by atoms with van der Waals surface area (Å²) in [7, 11) is 0. The molecule has 0 aliphatic carbocycles. The number of ether oxygens (including phenoxy) is 1. The molecule has 7 rings (SSSR count). The van der Waals surface area contributed by atoms with Gasteiger partial charge in [0.1, 0.15) is 66.4 Å². The highest BCUT2D eigenvalue weighted by atomic mass is 16.5. The second-order valence-electron chi connectivity index (χ2n) is 31.6. The van der Waals surface area contributed by atoms with Gasteiger partial charge in [-0.3, -0.25) is 57.9 Å². The molecule has 4 saturated heterocycles. The van der Waals surface area contributed by atoms with Gasteiger partial charge in [0, 0.05) is 78.0 Å². The van der Waals surface area contributed by atoms with Crippen LogP contribution in [0.2, 0.25) is 0 Å². The predicted molar refractivity (Wildman–Crippen MR) is 440 cm³/mol. The van der Waals surface area contributed by atoms with E-state index in [-0.39, 0.29) is 84.2 Å². The van der Waals surface area contributed by atoms with E-state index in [1.165, 1.54) is 17.0 Å². The lowest BCUT2D eigenvalue weighted by atomic mass is 10.00. The van der Waals surface area contributed by atoms with E-state index in [9.17, 15) is 53.1 Å². The van der Waals surface area contributed by atoms with Gasteiger partial charge in [0.25, 0.3) is 0 Å². The van der Waals surface area contributed by atoms with Crippen LogP contribution < -0.4 is 59.6 Å². The quantitative estimate of drug-likeness (QED) is 0.0147. The Balaban J connectivity index is 0.000000355. The normalized spacial score (nSPS) is 17.1. The maximum Gasteiger partial charge on any atom is 0.245 e. The lowest BCUT2D eigenvalue weighted by Crippen LogP contribution is -2.58. The Morgan fingerprint density at radius 3 is 1.22 bits per heavy atom. The zero-order valence-corrected chi connectivity index (χ0v) is 68.3. The molecule has 3 aromatic carbocycles. The zero-order chi connectivity index (χ0) is 82.0. The van der Waals surface area contributed by atoms with Gasteiger partial charge in [0.15, 0.2) is 11.9 Å². The summed E-state index contributed by atoms with van der Waals surface area (Å²) in [6, 6.07) is 16.8. The molecule has 15 N–H and O–H groups in total. The van der Waals surface area contributed by atoms with Crippen LogP contribution in [-0.2, 0) is 67.4 Å². The molecule has 4 aliphatic heterocycles. The van der Waals surface area contributed by atoms with Gasteiger partial charge < -0.3 is 84.3 Å². The number of likely N-dealkylation sites (tertiary alicyclic amines) is 4. The summed E-state index contributed by atoms with van der Waals surface area (Å²) in [5, 5.41) is 27.5. The molecule has 4 heterocycles. The van der Waals surface area contributed by atoms with Crippen LogP contribution >= 0.6 is 0 Å². The molecule has 28 nitrogen and oxygen atoms in total. The van der Waals surface area contributed by atoms with Gasteiger partial charge in [-0.25, -0.2) is 0 Å². The molecule has 626 valence electrons. The smallest absolute Gasteiger partial charge is 0.245 e. The summed E-state index contributed by atoms with van der Waals surface area (Å²) >= 11 is 0. The number of rotatable bonds is 45. The van der Waals surface area contributed by atoms with Gasteiger partial charge in [-0.1, -0.05) is 148 Å².